The molecule has 0 amide bonds. The van der Waals surface area contributed by atoms with E-state index in [-0.39, 0.29) is 0 Å². The molecule has 0 N–H and O–H groups in total. The van der Waals surface area contributed by atoms with Gasteiger partial charge >= 0.3 is 5.69 Å². The van der Waals surface area contributed by atoms with Crippen LogP contribution >= 0.6 is 0 Å². The van der Waals surface area contributed by atoms with Gasteiger partial charge in [-0.3, -0.25) is 0 Å². The molecule has 1 aromatic carbocycles. The van der Waals surface area contributed by atoms with Crippen molar-refractivity contribution >= 4 is 0 Å². The van der Waals surface area contributed by atoms with E-state index >= 15 is 0 Å². The molecule has 0 spiro atoms. The number of nitriles is 1. The molecule has 0 saturated carbocycles. The van der Waals surface area contributed by atoms with Gasteiger partial charge in [0.05, 0.1) is 18.4 Å². The molecule has 2 aromatic rings. The monoisotopic (exact) mass is 269 g/mol. The SMILES string of the molecule is COc1c(C)cc(C)cc1-c1nc(=O)n(C)cc1C#N. The summed E-state index contributed by atoms with van der Waals surface area (Å²) in [7, 11) is 3.13. The van der Waals surface area contributed by atoms with Gasteiger partial charge in [-0.25, -0.2) is 4.79 Å². The summed E-state index contributed by atoms with van der Waals surface area (Å²) in [6.45, 7) is 3.87. The lowest BCUT2D eigenvalue weighted by atomic mass is 10.0. The van der Waals surface area contributed by atoms with Crippen LogP contribution < -0.4 is 10.4 Å². The van der Waals surface area contributed by atoms with E-state index in [1.807, 2.05) is 26.0 Å². The van der Waals surface area contributed by atoms with Crippen LogP contribution in [-0.2, 0) is 7.05 Å². The maximum atomic E-state index is 11.8. The first-order chi connectivity index (χ1) is 9.47. The van der Waals surface area contributed by atoms with Crippen molar-refractivity contribution in [2.24, 2.45) is 7.05 Å². The quantitative estimate of drug-likeness (QED) is 0.835. The lowest BCUT2D eigenvalue weighted by Crippen LogP contribution is -2.21. The Morgan fingerprint density at radius 2 is 2.05 bits per heavy atom. The summed E-state index contributed by atoms with van der Waals surface area (Å²) in [5.74, 6) is 0.632. The zero-order valence-corrected chi connectivity index (χ0v) is 11.9. The minimum absolute atomic E-state index is 0.343. The molecule has 0 atom stereocenters. The highest BCUT2D eigenvalue weighted by molar-refractivity contribution is 5.74. The van der Waals surface area contributed by atoms with Gasteiger partial charge < -0.3 is 9.30 Å². The fourth-order valence-corrected chi connectivity index (χ4v) is 2.23. The van der Waals surface area contributed by atoms with Crippen molar-refractivity contribution in [3.63, 3.8) is 0 Å². The number of hydrogen-bond acceptors (Lipinski definition) is 4. The molecule has 2 rings (SSSR count). The van der Waals surface area contributed by atoms with Crippen molar-refractivity contribution in [3.8, 4) is 23.1 Å². The third kappa shape index (κ3) is 2.28. The van der Waals surface area contributed by atoms with Gasteiger partial charge in [-0.15, -0.1) is 0 Å². The molecule has 0 saturated heterocycles. The molecule has 102 valence electrons. The molecule has 0 aliphatic heterocycles. The second-order valence-electron chi connectivity index (χ2n) is 4.67. The van der Waals surface area contributed by atoms with E-state index in [0.717, 1.165) is 11.1 Å². The number of benzene rings is 1. The molecule has 0 aliphatic carbocycles. The highest BCUT2D eigenvalue weighted by Crippen LogP contribution is 2.33. The maximum absolute atomic E-state index is 11.8. The Kier molecular flexibility index (Phi) is 3.57. The van der Waals surface area contributed by atoms with Gasteiger partial charge in [0, 0.05) is 18.8 Å². The molecule has 5 heteroatoms. The van der Waals surface area contributed by atoms with Gasteiger partial charge in [-0.05, 0) is 31.0 Å². The number of rotatable bonds is 2. The van der Waals surface area contributed by atoms with Crippen LogP contribution in [0.15, 0.2) is 23.1 Å². The first-order valence-corrected chi connectivity index (χ1v) is 6.11. The Morgan fingerprint density at radius 3 is 2.65 bits per heavy atom. The van der Waals surface area contributed by atoms with Crippen LogP contribution in [-0.4, -0.2) is 16.7 Å². The van der Waals surface area contributed by atoms with E-state index in [4.69, 9.17) is 4.74 Å². The van der Waals surface area contributed by atoms with Crippen LogP contribution in [0.3, 0.4) is 0 Å². The normalized spacial score (nSPS) is 10.2. The van der Waals surface area contributed by atoms with Crippen molar-refractivity contribution < 1.29 is 4.74 Å². The minimum Gasteiger partial charge on any atom is -0.496 e. The van der Waals surface area contributed by atoms with Crippen LogP contribution in [0.5, 0.6) is 5.75 Å². The number of methoxy groups -OCH3 is 1. The van der Waals surface area contributed by atoms with Crippen molar-refractivity contribution in [1.82, 2.24) is 9.55 Å². The molecule has 5 nitrogen and oxygen atoms in total. The largest absolute Gasteiger partial charge is 0.496 e. The van der Waals surface area contributed by atoms with E-state index < -0.39 is 5.69 Å². The van der Waals surface area contributed by atoms with E-state index in [0.29, 0.717) is 22.6 Å². The molecule has 0 unspecified atom stereocenters. The van der Waals surface area contributed by atoms with E-state index in [1.165, 1.54) is 10.8 Å². The third-order valence-electron chi connectivity index (χ3n) is 3.09. The Labute approximate surface area is 117 Å². The predicted octanol–water partition coefficient (Wildman–Crippen LogP) is 1.94. The Morgan fingerprint density at radius 1 is 1.35 bits per heavy atom. The summed E-state index contributed by atoms with van der Waals surface area (Å²) in [6.07, 6.45) is 1.49. The summed E-state index contributed by atoms with van der Waals surface area (Å²) in [5.41, 5.74) is 2.92. The Hall–Kier alpha value is -2.61. The smallest absolute Gasteiger partial charge is 0.347 e. The summed E-state index contributed by atoms with van der Waals surface area (Å²) in [4.78, 5) is 15.8. The van der Waals surface area contributed by atoms with Crippen molar-refractivity contribution in [3.05, 3.63) is 45.5 Å². The molecule has 1 heterocycles. The highest BCUT2D eigenvalue weighted by atomic mass is 16.5. The molecule has 1 aromatic heterocycles. The highest BCUT2D eigenvalue weighted by Gasteiger charge is 2.16. The average Bonchev–Trinajstić information content (AvgIpc) is 2.40. The zero-order valence-electron chi connectivity index (χ0n) is 11.9. The van der Waals surface area contributed by atoms with Crippen LogP contribution in [0.4, 0.5) is 0 Å². The number of ether oxygens (including phenoxy) is 1. The molecule has 0 bridgehead atoms. The van der Waals surface area contributed by atoms with Crippen molar-refractivity contribution in [2.75, 3.05) is 7.11 Å². The predicted molar refractivity (Wildman–Crippen MR) is 75.7 cm³/mol. The number of aromatic nitrogens is 2. The maximum Gasteiger partial charge on any atom is 0.347 e. The summed E-state index contributed by atoms with van der Waals surface area (Å²) in [6, 6.07) is 5.93. The number of hydrogen-bond donors (Lipinski definition) is 0. The topological polar surface area (TPSA) is 67.9 Å². The molecule has 0 radical (unpaired) electrons. The van der Waals surface area contributed by atoms with Gasteiger partial charge in [0.1, 0.15) is 11.8 Å². The van der Waals surface area contributed by atoms with E-state index in [9.17, 15) is 10.1 Å². The molecule has 0 aliphatic rings. The summed E-state index contributed by atoms with van der Waals surface area (Å²) >= 11 is 0. The van der Waals surface area contributed by atoms with Crippen LogP contribution in [0.2, 0.25) is 0 Å². The molecule has 0 fully saturated rings. The van der Waals surface area contributed by atoms with Gasteiger partial charge in [0.25, 0.3) is 0 Å². The lowest BCUT2D eigenvalue weighted by molar-refractivity contribution is 0.413. The standard InChI is InChI=1S/C15H15N3O2/c1-9-5-10(2)14(20-4)12(6-9)13-11(7-16)8-18(3)15(19)17-13/h5-6,8H,1-4H3. The summed E-state index contributed by atoms with van der Waals surface area (Å²) < 4.78 is 6.69. The first kappa shape index (κ1) is 13.8. The summed E-state index contributed by atoms with van der Waals surface area (Å²) in [5, 5.41) is 9.25. The van der Waals surface area contributed by atoms with Crippen LogP contribution in [0, 0.1) is 25.2 Å². The van der Waals surface area contributed by atoms with E-state index in [1.54, 1.807) is 14.2 Å². The van der Waals surface area contributed by atoms with Crippen LogP contribution in [0.1, 0.15) is 16.7 Å². The minimum atomic E-state index is -0.403. The van der Waals surface area contributed by atoms with Gasteiger partial charge in [-0.1, -0.05) is 6.07 Å². The van der Waals surface area contributed by atoms with Gasteiger partial charge in [0.15, 0.2) is 0 Å². The van der Waals surface area contributed by atoms with Gasteiger partial charge in [-0.2, -0.15) is 10.2 Å². The van der Waals surface area contributed by atoms with Crippen molar-refractivity contribution in [1.29, 1.82) is 5.26 Å². The Balaban J connectivity index is 2.85. The zero-order chi connectivity index (χ0) is 14.9. The fraction of sp³-hybridized carbons (Fsp3) is 0.267. The first-order valence-electron chi connectivity index (χ1n) is 6.11. The number of nitrogens with zero attached hydrogens (tertiary/aromatic N) is 3. The molecular weight excluding hydrogens is 254 g/mol. The second kappa shape index (κ2) is 5.17. The molecule has 20 heavy (non-hydrogen) atoms. The van der Waals surface area contributed by atoms with Crippen LogP contribution in [0.25, 0.3) is 11.3 Å². The van der Waals surface area contributed by atoms with E-state index in [2.05, 4.69) is 11.1 Å². The second-order valence-corrected chi connectivity index (χ2v) is 4.67. The Bertz CT molecular complexity index is 770. The number of aryl methyl sites for hydroxylation is 3. The van der Waals surface area contributed by atoms with Crippen molar-refractivity contribution in [2.45, 2.75) is 13.8 Å². The third-order valence-corrected chi connectivity index (χ3v) is 3.09. The molecular formula is C15H15N3O2. The lowest BCUT2D eigenvalue weighted by Gasteiger charge is -2.13. The fourth-order valence-electron chi connectivity index (χ4n) is 2.23. The average molecular weight is 269 g/mol. The van der Waals surface area contributed by atoms with Gasteiger partial charge in [0.2, 0.25) is 0 Å².